The SMILES string of the molecule is CC(CCNC(=O)Nc1nncs1)C(=O)O. The van der Waals surface area contributed by atoms with E-state index < -0.39 is 17.9 Å². The summed E-state index contributed by atoms with van der Waals surface area (Å²) in [5, 5.41) is 21.2. The third kappa shape index (κ3) is 4.22. The van der Waals surface area contributed by atoms with Crippen LogP contribution in [0.5, 0.6) is 0 Å². The molecule has 0 fully saturated rings. The smallest absolute Gasteiger partial charge is 0.321 e. The standard InChI is InChI=1S/C8H12N4O3S/c1-5(6(13)14)2-3-9-7(15)11-8-12-10-4-16-8/h4-5H,2-3H2,1H3,(H,13,14)(H2,9,11,12,15). The van der Waals surface area contributed by atoms with Crippen LogP contribution in [0.4, 0.5) is 9.93 Å². The van der Waals surface area contributed by atoms with Crippen LogP contribution in [0.15, 0.2) is 5.51 Å². The van der Waals surface area contributed by atoms with Crippen LogP contribution in [0.3, 0.4) is 0 Å². The number of carboxylic acid groups (broad SMARTS) is 1. The highest BCUT2D eigenvalue weighted by Crippen LogP contribution is 2.07. The largest absolute Gasteiger partial charge is 0.481 e. The molecule has 3 N–H and O–H groups in total. The molecule has 0 spiro atoms. The molecule has 1 atom stereocenters. The van der Waals surface area contributed by atoms with Crippen molar-refractivity contribution in [3.05, 3.63) is 5.51 Å². The van der Waals surface area contributed by atoms with Gasteiger partial charge in [-0.25, -0.2) is 4.79 Å². The fourth-order valence-corrected chi connectivity index (χ4v) is 1.33. The molecular weight excluding hydrogens is 232 g/mol. The van der Waals surface area contributed by atoms with Crippen molar-refractivity contribution in [1.29, 1.82) is 0 Å². The van der Waals surface area contributed by atoms with E-state index in [2.05, 4.69) is 20.8 Å². The van der Waals surface area contributed by atoms with Crippen molar-refractivity contribution in [2.24, 2.45) is 5.92 Å². The van der Waals surface area contributed by atoms with E-state index in [1.54, 1.807) is 6.92 Å². The van der Waals surface area contributed by atoms with Gasteiger partial charge in [-0.2, -0.15) is 0 Å². The zero-order chi connectivity index (χ0) is 12.0. The van der Waals surface area contributed by atoms with Crippen LogP contribution in [0.1, 0.15) is 13.3 Å². The minimum absolute atomic E-state index is 0.304. The van der Waals surface area contributed by atoms with Crippen molar-refractivity contribution in [3.63, 3.8) is 0 Å². The quantitative estimate of drug-likeness (QED) is 0.709. The van der Waals surface area contributed by atoms with E-state index in [-0.39, 0.29) is 0 Å². The van der Waals surface area contributed by atoms with Gasteiger partial charge in [0, 0.05) is 6.54 Å². The van der Waals surface area contributed by atoms with Gasteiger partial charge in [0.1, 0.15) is 5.51 Å². The van der Waals surface area contributed by atoms with Gasteiger partial charge in [-0.1, -0.05) is 18.3 Å². The van der Waals surface area contributed by atoms with E-state index in [4.69, 9.17) is 5.11 Å². The maximum Gasteiger partial charge on any atom is 0.321 e. The van der Waals surface area contributed by atoms with Crippen molar-refractivity contribution in [2.75, 3.05) is 11.9 Å². The van der Waals surface area contributed by atoms with Crippen LogP contribution >= 0.6 is 11.3 Å². The summed E-state index contributed by atoms with van der Waals surface area (Å²) in [6, 6.07) is -0.408. The topological polar surface area (TPSA) is 104 Å². The van der Waals surface area contributed by atoms with Gasteiger partial charge in [-0.15, -0.1) is 10.2 Å². The summed E-state index contributed by atoms with van der Waals surface area (Å²) < 4.78 is 0. The highest BCUT2D eigenvalue weighted by Gasteiger charge is 2.11. The number of nitrogens with zero attached hydrogens (tertiary/aromatic N) is 2. The summed E-state index contributed by atoms with van der Waals surface area (Å²) in [4.78, 5) is 21.7. The molecule has 1 aromatic heterocycles. The molecule has 1 heterocycles. The summed E-state index contributed by atoms with van der Waals surface area (Å²) in [6.45, 7) is 1.89. The molecule has 16 heavy (non-hydrogen) atoms. The molecule has 0 radical (unpaired) electrons. The molecule has 0 aliphatic carbocycles. The Hall–Kier alpha value is -1.70. The first kappa shape index (κ1) is 12.4. The fourth-order valence-electron chi connectivity index (χ4n) is 0.895. The predicted molar refractivity (Wildman–Crippen MR) is 58.3 cm³/mol. The number of carboxylic acids is 1. The number of aromatic nitrogens is 2. The number of carbonyl (C=O) groups is 2. The molecule has 1 unspecified atom stereocenters. The Morgan fingerprint density at radius 1 is 1.62 bits per heavy atom. The number of anilines is 1. The first-order valence-electron chi connectivity index (χ1n) is 4.63. The highest BCUT2D eigenvalue weighted by molar-refractivity contribution is 7.13. The zero-order valence-corrected chi connectivity index (χ0v) is 9.45. The van der Waals surface area contributed by atoms with Crippen LogP contribution in [0.2, 0.25) is 0 Å². The molecule has 0 saturated heterocycles. The minimum Gasteiger partial charge on any atom is -0.481 e. The Morgan fingerprint density at radius 3 is 2.94 bits per heavy atom. The van der Waals surface area contributed by atoms with Gasteiger partial charge in [0.25, 0.3) is 0 Å². The first-order valence-corrected chi connectivity index (χ1v) is 5.51. The monoisotopic (exact) mass is 244 g/mol. The Morgan fingerprint density at radius 2 is 2.38 bits per heavy atom. The van der Waals surface area contributed by atoms with E-state index in [0.717, 1.165) is 0 Å². The summed E-state index contributed by atoms with van der Waals surface area (Å²) in [7, 11) is 0. The lowest BCUT2D eigenvalue weighted by Crippen LogP contribution is -2.31. The molecule has 0 saturated carbocycles. The Balaban J connectivity index is 2.18. The van der Waals surface area contributed by atoms with Gasteiger partial charge >= 0.3 is 12.0 Å². The number of hydrogen-bond donors (Lipinski definition) is 3. The average Bonchev–Trinajstić information content (AvgIpc) is 2.70. The van der Waals surface area contributed by atoms with Gasteiger partial charge in [0.05, 0.1) is 5.92 Å². The third-order valence-electron chi connectivity index (χ3n) is 1.86. The van der Waals surface area contributed by atoms with Gasteiger partial charge in [-0.3, -0.25) is 10.1 Å². The fraction of sp³-hybridized carbons (Fsp3) is 0.500. The number of amides is 2. The molecule has 0 aliphatic heterocycles. The summed E-state index contributed by atoms with van der Waals surface area (Å²) in [6.07, 6.45) is 0.388. The second kappa shape index (κ2) is 6.01. The van der Waals surface area contributed by atoms with Crippen LogP contribution in [-0.2, 0) is 4.79 Å². The Labute approximate surface area is 95.9 Å². The molecule has 1 aromatic rings. The van der Waals surface area contributed by atoms with E-state index in [1.807, 2.05) is 0 Å². The van der Waals surface area contributed by atoms with Crippen molar-refractivity contribution < 1.29 is 14.7 Å². The summed E-state index contributed by atoms with van der Waals surface area (Å²) >= 11 is 1.21. The minimum atomic E-state index is -0.869. The lowest BCUT2D eigenvalue weighted by molar-refractivity contribution is -0.141. The lowest BCUT2D eigenvalue weighted by Gasteiger charge is -2.07. The molecule has 8 heteroatoms. The third-order valence-corrected chi connectivity index (χ3v) is 2.47. The van der Waals surface area contributed by atoms with Crippen LogP contribution in [0, 0.1) is 5.92 Å². The van der Waals surface area contributed by atoms with Crippen LogP contribution in [0.25, 0.3) is 0 Å². The highest BCUT2D eigenvalue weighted by atomic mass is 32.1. The Kier molecular flexibility index (Phi) is 4.65. The maximum absolute atomic E-state index is 11.2. The molecule has 88 valence electrons. The normalized spacial score (nSPS) is 11.8. The van der Waals surface area contributed by atoms with Crippen molar-refractivity contribution in [1.82, 2.24) is 15.5 Å². The van der Waals surface area contributed by atoms with E-state index in [0.29, 0.717) is 18.1 Å². The predicted octanol–water partition coefficient (Wildman–Crippen LogP) is 0.770. The maximum atomic E-state index is 11.2. The van der Waals surface area contributed by atoms with Gasteiger partial charge in [-0.05, 0) is 6.42 Å². The van der Waals surface area contributed by atoms with E-state index in [1.165, 1.54) is 16.8 Å². The van der Waals surface area contributed by atoms with Crippen LogP contribution < -0.4 is 10.6 Å². The number of carbonyl (C=O) groups excluding carboxylic acids is 1. The Bertz CT molecular complexity index is 354. The number of hydrogen-bond acceptors (Lipinski definition) is 5. The van der Waals surface area contributed by atoms with Gasteiger partial charge in [0.15, 0.2) is 0 Å². The zero-order valence-electron chi connectivity index (χ0n) is 8.64. The summed E-state index contributed by atoms with van der Waals surface area (Å²) in [5.41, 5.74) is 1.50. The first-order chi connectivity index (χ1) is 7.59. The molecule has 1 rings (SSSR count). The second-order valence-corrected chi connectivity index (χ2v) is 3.99. The second-order valence-electron chi connectivity index (χ2n) is 3.15. The van der Waals surface area contributed by atoms with Gasteiger partial charge < -0.3 is 10.4 Å². The number of nitrogens with one attached hydrogen (secondary N) is 2. The molecule has 0 bridgehead atoms. The molecule has 2 amide bonds. The molecule has 0 aromatic carbocycles. The average molecular weight is 244 g/mol. The summed E-state index contributed by atoms with van der Waals surface area (Å²) in [5.74, 6) is -1.34. The van der Waals surface area contributed by atoms with Crippen LogP contribution in [-0.4, -0.2) is 33.8 Å². The number of rotatable bonds is 5. The van der Waals surface area contributed by atoms with Crippen molar-refractivity contribution in [3.8, 4) is 0 Å². The molecular formula is C8H12N4O3S. The van der Waals surface area contributed by atoms with E-state index >= 15 is 0 Å². The van der Waals surface area contributed by atoms with E-state index in [9.17, 15) is 9.59 Å². The molecule has 7 nitrogen and oxygen atoms in total. The lowest BCUT2D eigenvalue weighted by atomic mass is 10.1. The molecule has 0 aliphatic rings. The van der Waals surface area contributed by atoms with Crippen molar-refractivity contribution >= 4 is 28.5 Å². The van der Waals surface area contributed by atoms with Gasteiger partial charge in [0.2, 0.25) is 5.13 Å². The number of aliphatic carboxylic acids is 1. The van der Waals surface area contributed by atoms with Crippen molar-refractivity contribution in [2.45, 2.75) is 13.3 Å². The number of urea groups is 1.